The second-order valence-electron chi connectivity index (χ2n) is 5.09. The van der Waals surface area contributed by atoms with E-state index in [1.54, 1.807) is 0 Å². The molecule has 1 aliphatic heterocycles. The van der Waals surface area contributed by atoms with E-state index in [0.717, 1.165) is 36.9 Å². The molecule has 3 nitrogen and oxygen atoms in total. The number of Topliss-reactive ketones (excluding diaryl/α,β-unsaturated/α-hetero) is 1. The predicted octanol–water partition coefficient (Wildman–Crippen LogP) is 2.56. The van der Waals surface area contributed by atoms with E-state index in [1.165, 1.54) is 0 Å². The minimum absolute atomic E-state index is 0.145. The first-order chi connectivity index (χ1) is 8.72. The van der Waals surface area contributed by atoms with Gasteiger partial charge in [0.05, 0.1) is 12.0 Å². The second-order valence-corrected chi connectivity index (χ2v) is 5.09. The number of ketones is 1. The van der Waals surface area contributed by atoms with Crippen molar-refractivity contribution in [1.29, 1.82) is 0 Å². The van der Waals surface area contributed by atoms with Gasteiger partial charge in [-0.15, -0.1) is 0 Å². The molecule has 0 radical (unpaired) electrons. The van der Waals surface area contributed by atoms with Crippen molar-refractivity contribution in [3.05, 3.63) is 41.7 Å². The molecule has 2 aliphatic rings. The Balaban J connectivity index is 1.88. The highest BCUT2D eigenvalue weighted by Crippen LogP contribution is 2.50. The van der Waals surface area contributed by atoms with Gasteiger partial charge < -0.3 is 10.5 Å². The van der Waals surface area contributed by atoms with Gasteiger partial charge >= 0.3 is 0 Å². The Morgan fingerprint density at radius 3 is 2.50 bits per heavy atom. The third-order valence-electron chi connectivity index (χ3n) is 3.81. The SMILES string of the molecule is Nc1ccc(C2(C(=O)C3=CCCCO3)CC2)cc1. The smallest absolute Gasteiger partial charge is 0.207 e. The van der Waals surface area contributed by atoms with Crippen LogP contribution in [-0.4, -0.2) is 12.4 Å². The number of ether oxygens (including phenoxy) is 1. The van der Waals surface area contributed by atoms with Crippen molar-refractivity contribution in [3.8, 4) is 0 Å². The lowest BCUT2D eigenvalue weighted by atomic mass is 9.89. The Bertz CT molecular complexity index is 498. The lowest BCUT2D eigenvalue weighted by molar-refractivity contribution is -0.121. The van der Waals surface area contributed by atoms with E-state index in [2.05, 4.69) is 0 Å². The van der Waals surface area contributed by atoms with Crippen molar-refractivity contribution in [2.75, 3.05) is 12.3 Å². The molecule has 0 unspecified atom stereocenters. The summed E-state index contributed by atoms with van der Waals surface area (Å²) < 4.78 is 5.50. The van der Waals surface area contributed by atoms with Crippen molar-refractivity contribution < 1.29 is 9.53 Å². The highest BCUT2D eigenvalue weighted by atomic mass is 16.5. The van der Waals surface area contributed by atoms with Gasteiger partial charge in [-0.2, -0.15) is 0 Å². The van der Waals surface area contributed by atoms with Crippen molar-refractivity contribution >= 4 is 11.5 Å². The average Bonchev–Trinajstić information content (AvgIpc) is 3.21. The summed E-state index contributed by atoms with van der Waals surface area (Å²) in [5.74, 6) is 0.711. The number of rotatable bonds is 3. The summed E-state index contributed by atoms with van der Waals surface area (Å²) in [5.41, 5.74) is 7.15. The maximum atomic E-state index is 12.5. The van der Waals surface area contributed by atoms with Gasteiger partial charge in [-0.1, -0.05) is 12.1 Å². The third kappa shape index (κ3) is 1.80. The maximum absolute atomic E-state index is 12.5. The normalized spacial score (nSPS) is 20.8. The molecule has 1 aromatic rings. The first-order valence-corrected chi connectivity index (χ1v) is 6.46. The van der Waals surface area contributed by atoms with Gasteiger partial charge in [0.1, 0.15) is 0 Å². The molecule has 1 heterocycles. The average molecular weight is 243 g/mol. The van der Waals surface area contributed by atoms with Gasteiger partial charge in [0.25, 0.3) is 0 Å². The molecule has 18 heavy (non-hydrogen) atoms. The quantitative estimate of drug-likeness (QED) is 0.830. The van der Waals surface area contributed by atoms with E-state index in [0.29, 0.717) is 12.4 Å². The molecular weight excluding hydrogens is 226 g/mol. The van der Waals surface area contributed by atoms with Crippen LogP contribution in [0.2, 0.25) is 0 Å². The lowest BCUT2D eigenvalue weighted by Gasteiger charge is -2.20. The number of allylic oxidation sites excluding steroid dienone is 2. The first kappa shape index (κ1) is 11.3. The van der Waals surface area contributed by atoms with Crippen molar-refractivity contribution in [2.45, 2.75) is 31.1 Å². The van der Waals surface area contributed by atoms with Crippen LogP contribution in [0.15, 0.2) is 36.1 Å². The predicted molar refractivity (Wildman–Crippen MR) is 70.0 cm³/mol. The van der Waals surface area contributed by atoms with Crippen LogP contribution < -0.4 is 5.73 Å². The van der Waals surface area contributed by atoms with Gasteiger partial charge in [-0.25, -0.2) is 0 Å². The summed E-state index contributed by atoms with van der Waals surface area (Å²) in [6.07, 6.45) is 5.71. The summed E-state index contributed by atoms with van der Waals surface area (Å²) in [5, 5.41) is 0. The fourth-order valence-electron chi connectivity index (χ4n) is 2.53. The largest absolute Gasteiger partial charge is 0.490 e. The third-order valence-corrected chi connectivity index (χ3v) is 3.81. The van der Waals surface area contributed by atoms with Crippen LogP contribution in [0.1, 0.15) is 31.2 Å². The Morgan fingerprint density at radius 1 is 1.22 bits per heavy atom. The summed E-state index contributed by atoms with van der Waals surface area (Å²) in [7, 11) is 0. The molecule has 1 aromatic carbocycles. The van der Waals surface area contributed by atoms with Crippen LogP contribution in [0.4, 0.5) is 5.69 Å². The van der Waals surface area contributed by atoms with E-state index in [1.807, 2.05) is 30.3 Å². The summed E-state index contributed by atoms with van der Waals surface area (Å²) >= 11 is 0. The van der Waals surface area contributed by atoms with Gasteiger partial charge in [0.2, 0.25) is 5.78 Å². The first-order valence-electron chi connectivity index (χ1n) is 6.46. The molecule has 2 N–H and O–H groups in total. The second kappa shape index (κ2) is 4.16. The molecule has 0 amide bonds. The molecule has 0 atom stereocenters. The Kier molecular flexibility index (Phi) is 2.62. The zero-order valence-corrected chi connectivity index (χ0v) is 10.3. The monoisotopic (exact) mass is 243 g/mol. The number of nitrogen functional groups attached to an aromatic ring is 1. The molecular formula is C15H17NO2. The van der Waals surface area contributed by atoms with Gasteiger partial charge in [0, 0.05) is 5.69 Å². The topological polar surface area (TPSA) is 52.3 Å². The molecule has 94 valence electrons. The number of nitrogens with two attached hydrogens (primary N) is 1. The zero-order valence-electron chi connectivity index (χ0n) is 10.3. The van der Waals surface area contributed by atoms with E-state index >= 15 is 0 Å². The Morgan fingerprint density at radius 2 is 1.94 bits per heavy atom. The van der Waals surface area contributed by atoms with Crippen LogP contribution in [0.25, 0.3) is 0 Å². The molecule has 3 rings (SSSR count). The summed E-state index contributed by atoms with van der Waals surface area (Å²) in [6.45, 7) is 0.662. The molecule has 0 saturated heterocycles. The Hall–Kier alpha value is -1.77. The van der Waals surface area contributed by atoms with Crippen molar-refractivity contribution in [2.24, 2.45) is 0 Å². The number of hydrogen-bond donors (Lipinski definition) is 1. The fourth-order valence-corrected chi connectivity index (χ4v) is 2.53. The van der Waals surface area contributed by atoms with Crippen LogP contribution in [0.3, 0.4) is 0 Å². The minimum atomic E-state index is -0.336. The van der Waals surface area contributed by atoms with E-state index in [-0.39, 0.29) is 11.2 Å². The number of carbonyl (C=O) groups is 1. The standard InChI is InChI=1S/C15H17NO2/c16-12-6-4-11(5-7-12)15(8-9-15)14(17)13-3-1-2-10-18-13/h3-7H,1-2,8-10,16H2. The van der Waals surface area contributed by atoms with Crippen LogP contribution in [0.5, 0.6) is 0 Å². The van der Waals surface area contributed by atoms with Crippen molar-refractivity contribution in [1.82, 2.24) is 0 Å². The maximum Gasteiger partial charge on any atom is 0.207 e. The Labute approximate surface area is 107 Å². The van der Waals surface area contributed by atoms with E-state index < -0.39 is 0 Å². The molecule has 1 saturated carbocycles. The van der Waals surface area contributed by atoms with Gasteiger partial charge in [-0.3, -0.25) is 4.79 Å². The van der Waals surface area contributed by atoms with Crippen molar-refractivity contribution in [3.63, 3.8) is 0 Å². The highest BCUT2D eigenvalue weighted by molar-refractivity contribution is 6.04. The minimum Gasteiger partial charge on any atom is -0.490 e. The summed E-state index contributed by atoms with van der Waals surface area (Å²) in [6, 6.07) is 7.64. The zero-order chi connectivity index (χ0) is 12.6. The molecule has 1 fully saturated rings. The van der Waals surface area contributed by atoms with Gasteiger partial charge in [-0.05, 0) is 49.5 Å². The molecule has 0 bridgehead atoms. The van der Waals surface area contributed by atoms with Gasteiger partial charge in [0.15, 0.2) is 5.76 Å². The van der Waals surface area contributed by atoms with E-state index in [4.69, 9.17) is 10.5 Å². The number of hydrogen-bond acceptors (Lipinski definition) is 3. The fraction of sp³-hybridized carbons (Fsp3) is 0.400. The number of benzene rings is 1. The highest BCUT2D eigenvalue weighted by Gasteiger charge is 2.52. The number of carbonyl (C=O) groups excluding carboxylic acids is 1. The molecule has 0 aromatic heterocycles. The number of anilines is 1. The summed E-state index contributed by atoms with van der Waals surface area (Å²) in [4.78, 5) is 12.5. The molecule has 3 heteroatoms. The molecule has 0 spiro atoms. The van der Waals surface area contributed by atoms with Crippen LogP contribution >= 0.6 is 0 Å². The molecule has 1 aliphatic carbocycles. The van der Waals surface area contributed by atoms with E-state index in [9.17, 15) is 4.79 Å². The lowest BCUT2D eigenvalue weighted by Crippen LogP contribution is -2.25. The van der Waals surface area contributed by atoms with Crippen LogP contribution in [-0.2, 0) is 14.9 Å². The van der Waals surface area contributed by atoms with Crippen LogP contribution in [0, 0.1) is 0 Å².